The summed E-state index contributed by atoms with van der Waals surface area (Å²) in [6.45, 7) is 1.41. The molecule has 3 heterocycles. The van der Waals surface area contributed by atoms with Crippen molar-refractivity contribution in [2.24, 2.45) is 10.3 Å². The van der Waals surface area contributed by atoms with Crippen LogP contribution in [0.2, 0.25) is 0 Å². The molecule has 1 atom stereocenters. The second kappa shape index (κ2) is 6.63. The zero-order valence-electron chi connectivity index (χ0n) is 14.7. The fourth-order valence-corrected chi connectivity index (χ4v) is 5.35. The van der Waals surface area contributed by atoms with Gasteiger partial charge < -0.3 is 14.9 Å². The van der Waals surface area contributed by atoms with Gasteiger partial charge in [0.2, 0.25) is 5.91 Å². The molecule has 1 N–H and O–H groups in total. The van der Waals surface area contributed by atoms with Gasteiger partial charge in [0.25, 0.3) is 10.0 Å². The third-order valence-electron chi connectivity index (χ3n) is 5.58. The van der Waals surface area contributed by atoms with Gasteiger partial charge >= 0.3 is 5.97 Å². The minimum absolute atomic E-state index is 0.0687. The number of nitrogens with zero attached hydrogens (tertiary/aromatic N) is 3. The van der Waals surface area contributed by atoms with Crippen molar-refractivity contribution in [3.8, 4) is 0 Å². The molecule has 2 saturated heterocycles. The Kier molecular flexibility index (Phi) is 4.41. The molecule has 0 unspecified atom stereocenters. The van der Waals surface area contributed by atoms with E-state index in [9.17, 15) is 18.0 Å². The van der Waals surface area contributed by atoms with Crippen molar-refractivity contribution < 1.29 is 23.1 Å². The summed E-state index contributed by atoms with van der Waals surface area (Å²) in [6.07, 6.45) is 2.32. The Morgan fingerprint density at radius 3 is 2.48 bits per heavy atom. The number of benzene rings is 1. The van der Waals surface area contributed by atoms with Gasteiger partial charge in [-0.1, -0.05) is 12.1 Å². The number of sulfonamides is 1. The van der Waals surface area contributed by atoms with Crippen molar-refractivity contribution in [3.63, 3.8) is 0 Å². The van der Waals surface area contributed by atoms with Gasteiger partial charge in [0, 0.05) is 25.2 Å². The van der Waals surface area contributed by atoms with Crippen LogP contribution in [0.1, 0.15) is 31.2 Å². The highest BCUT2D eigenvalue weighted by atomic mass is 32.2. The third kappa shape index (κ3) is 3.09. The largest absolute Gasteiger partial charge is 0.481 e. The summed E-state index contributed by atoms with van der Waals surface area (Å²) < 4.78 is 28.6. The Bertz CT molecular complexity index is 919. The maximum absolute atomic E-state index is 13.0. The fraction of sp³-hybridized carbons (Fsp3) is 0.500. The second-order valence-electron chi connectivity index (χ2n) is 7.18. The van der Waals surface area contributed by atoms with Crippen LogP contribution in [0, 0.1) is 5.92 Å². The number of amides is 1. The summed E-state index contributed by atoms with van der Waals surface area (Å²) in [5.41, 5.74) is 0.543. The fourth-order valence-electron chi connectivity index (χ4n) is 4.13. The van der Waals surface area contributed by atoms with Gasteiger partial charge in [0.15, 0.2) is 5.84 Å². The lowest BCUT2D eigenvalue weighted by Crippen LogP contribution is -2.50. The molecular formula is C18H21N3O5S. The number of piperidine rings is 1. The monoisotopic (exact) mass is 391 g/mol. The number of hydrogen-bond donors (Lipinski definition) is 1. The van der Waals surface area contributed by atoms with E-state index in [2.05, 4.69) is 4.40 Å². The molecule has 1 aromatic rings. The number of likely N-dealkylation sites (tertiary alicyclic amines) is 2. The van der Waals surface area contributed by atoms with E-state index in [1.165, 1.54) is 6.07 Å². The van der Waals surface area contributed by atoms with Crippen LogP contribution < -0.4 is 0 Å². The number of carboxylic acids is 1. The minimum Gasteiger partial charge on any atom is -0.481 e. The molecule has 2 fully saturated rings. The van der Waals surface area contributed by atoms with Gasteiger partial charge in [-0.05, 0) is 37.8 Å². The van der Waals surface area contributed by atoms with Gasteiger partial charge in [-0.15, -0.1) is 4.40 Å². The lowest BCUT2D eigenvalue weighted by molar-refractivity contribution is -0.146. The van der Waals surface area contributed by atoms with Crippen LogP contribution in [0.25, 0.3) is 0 Å². The zero-order chi connectivity index (χ0) is 19.2. The summed E-state index contributed by atoms with van der Waals surface area (Å²) in [7, 11) is -3.73. The van der Waals surface area contributed by atoms with E-state index in [0.717, 1.165) is 6.42 Å². The van der Waals surface area contributed by atoms with Gasteiger partial charge in [0.05, 0.1) is 5.92 Å². The second-order valence-corrected chi connectivity index (χ2v) is 8.75. The van der Waals surface area contributed by atoms with Crippen molar-refractivity contribution in [3.05, 3.63) is 29.8 Å². The molecule has 4 rings (SSSR count). The maximum atomic E-state index is 13.0. The summed E-state index contributed by atoms with van der Waals surface area (Å²) >= 11 is 0. The molecule has 1 aromatic carbocycles. The number of amidine groups is 1. The van der Waals surface area contributed by atoms with Crippen LogP contribution in [0.5, 0.6) is 0 Å². The van der Waals surface area contributed by atoms with Crippen molar-refractivity contribution in [1.82, 2.24) is 9.80 Å². The molecule has 0 aliphatic carbocycles. The number of rotatable bonds is 2. The maximum Gasteiger partial charge on any atom is 0.306 e. The Morgan fingerprint density at radius 1 is 1.07 bits per heavy atom. The van der Waals surface area contributed by atoms with E-state index in [0.29, 0.717) is 50.3 Å². The molecule has 0 radical (unpaired) electrons. The number of fused-ring (bicyclic) bond motifs is 1. The van der Waals surface area contributed by atoms with E-state index in [4.69, 9.17) is 5.11 Å². The van der Waals surface area contributed by atoms with Crippen molar-refractivity contribution >= 4 is 27.7 Å². The summed E-state index contributed by atoms with van der Waals surface area (Å²) in [5.74, 6) is -0.931. The van der Waals surface area contributed by atoms with E-state index in [1.54, 1.807) is 28.0 Å². The van der Waals surface area contributed by atoms with E-state index in [-0.39, 0.29) is 10.8 Å². The van der Waals surface area contributed by atoms with Crippen molar-refractivity contribution in [2.45, 2.75) is 36.6 Å². The van der Waals surface area contributed by atoms with Crippen LogP contribution in [0.3, 0.4) is 0 Å². The molecule has 9 heteroatoms. The molecule has 3 aliphatic rings. The van der Waals surface area contributed by atoms with Crippen LogP contribution in [0.15, 0.2) is 33.6 Å². The van der Waals surface area contributed by atoms with Gasteiger partial charge in [-0.2, -0.15) is 8.42 Å². The number of carbonyl (C=O) groups is 2. The van der Waals surface area contributed by atoms with Gasteiger partial charge in [0.1, 0.15) is 10.9 Å². The van der Waals surface area contributed by atoms with Gasteiger partial charge in [-0.3, -0.25) is 9.59 Å². The Labute approximate surface area is 157 Å². The van der Waals surface area contributed by atoms with E-state index in [1.807, 2.05) is 0 Å². The standard InChI is InChI=1S/C18H21N3O5S/c22-17(20-10-7-12(8-11-20)18(23)24)14-5-3-9-21(14)16-13-4-1-2-6-15(13)27(25,26)19-16/h1-2,4,6,12,14H,3,5,7-11H2,(H,23,24)/t14-/m0/s1. The highest BCUT2D eigenvalue weighted by molar-refractivity contribution is 7.90. The van der Waals surface area contributed by atoms with Crippen LogP contribution in [-0.2, 0) is 19.6 Å². The first-order valence-electron chi connectivity index (χ1n) is 9.11. The molecule has 3 aliphatic heterocycles. The average molecular weight is 391 g/mol. The molecule has 0 spiro atoms. The average Bonchev–Trinajstić information content (AvgIpc) is 3.24. The summed E-state index contributed by atoms with van der Waals surface area (Å²) in [5, 5.41) is 9.12. The zero-order valence-corrected chi connectivity index (χ0v) is 15.6. The number of carbonyl (C=O) groups excluding carboxylic acids is 1. The summed E-state index contributed by atoms with van der Waals surface area (Å²) in [4.78, 5) is 27.8. The molecule has 8 nitrogen and oxygen atoms in total. The minimum atomic E-state index is -3.73. The lowest BCUT2D eigenvalue weighted by atomic mass is 9.96. The first-order valence-corrected chi connectivity index (χ1v) is 10.5. The molecule has 144 valence electrons. The molecular weight excluding hydrogens is 370 g/mol. The molecule has 0 saturated carbocycles. The Balaban J connectivity index is 1.55. The molecule has 27 heavy (non-hydrogen) atoms. The molecule has 0 aromatic heterocycles. The number of hydrogen-bond acceptors (Lipinski definition) is 5. The first-order chi connectivity index (χ1) is 12.9. The number of carboxylic acid groups (broad SMARTS) is 1. The number of aliphatic carboxylic acids is 1. The van der Waals surface area contributed by atoms with Crippen LogP contribution in [-0.4, -0.2) is 66.7 Å². The lowest BCUT2D eigenvalue weighted by Gasteiger charge is -2.35. The third-order valence-corrected chi connectivity index (χ3v) is 6.90. The quantitative estimate of drug-likeness (QED) is 0.803. The smallest absolute Gasteiger partial charge is 0.306 e. The van der Waals surface area contributed by atoms with Crippen LogP contribution in [0.4, 0.5) is 0 Å². The van der Waals surface area contributed by atoms with Gasteiger partial charge in [-0.25, -0.2) is 0 Å². The molecule has 0 bridgehead atoms. The van der Waals surface area contributed by atoms with E-state index < -0.39 is 28.0 Å². The first kappa shape index (κ1) is 18.0. The normalized spacial score (nSPS) is 24.6. The topological polar surface area (TPSA) is 107 Å². The van der Waals surface area contributed by atoms with E-state index >= 15 is 0 Å². The van der Waals surface area contributed by atoms with Crippen LogP contribution >= 0.6 is 0 Å². The SMILES string of the molecule is O=C(O)C1CCN(C(=O)[C@@H]2CCCN2C2=NS(=O)(=O)c3ccccc32)CC1. The van der Waals surface area contributed by atoms with Crippen molar-refractivity contribution in [1.29, 1.82) is 0 Å². The predicted octanol–water partition coefficient (Wildman–Crippen LogP) is 0.923. The Hall–Kier alpha value is -2.42. The highest BCUT2D eigenvalue weighted by Crippen LogP contribution is 2.32. The van der Waals surface area contributed by atoms with Crippen molar-refractivity contribution in [2.75, 3.05) is 19.6 Å². The summed E-state index contributed by atoms with van der Waals surface area (Å²) in [6, 6.07) is 6.22. The Morgan fingerprint density at radius 2 is 1.78 bits per heavy atom. The predicted molar refractivity (Wildman–Crippen MR) is 96.8 cm³/mol. The highest BCUT2D eigenvalue weighted by Gasteiger charge is 2.41. The molecule has 1 amide bonds.